The highest BCUT2D eigenvalue weighted by atomic mass is 16.7. The van der Waals surface area contributed by atoms with Crippen molar-refractivity contribution in [3.63, 3.8) is 0 Å². The normalized spacial score (nSPS) is 20.5. The molecule has 0 amide bonds. The number of carbonyl (C=O) groups excluding carboxylic acids is 1. The second kappa shape index (κ2) is 8.36. The minimum atomic E-state index is 0.322. The molecule has 3 rings (SSSR count). The van der Waals surface area contributed by atoms with Gasteiger partial charge in [0.2, 0.25) is 6.79 Å². The lowest BCUT2D eigenvalue weighted by Crippen LogP contribution is -2.18. The van der Waals surface area contributed by atoms with Crippen molar-refractivity contribution in [3.8, 4) is 11.5 Å². The smallest absolute Gasteiger partial charge is 0.231 e. The summed E-state index contributed by atoms with van der Waals surface area (Å²) in [7, 11) is 0. The number of ether oxygens (including phenoxy) is 2. The van der Waals surface area contributed by atoms with Gasteiger partial charge in [0.05, 0.1) is 0 Å². The quantitative estimate of drug-likeness (QED) is 0.643. The van der Waals surface area contributed by atoms with Crippen LogP contribution in [0, 0.1) is 5.92 Å². The molecule has 1 aliphatic carbocycles. The maximum atomic E-state index is 11.9. The Balaban J connectivity index is 1.47. The van der Waals surface area contributed by atoms with Crippen molar-refractivity contribution in [1.29, 1.82) is 0 Å². The summed E-state index contributed by atoms with van der Waals surface area (Å²) < 4.78 is 10.8. The molecule has 1 unspecified atom stereocenters. The van der Waals surface area contributed by atoms with Crippen LogP contribution in [0.2, 0.25) is 0 Å². The van der Waals surface area contributed by atoms with Crippen LogP contribution in [-0.2, 0) is 11.2 Å². The Kier molecular flexibility index (Phi) is 5.95. The summed E-state index contributed by atoms with van der Waals surface area (Å²) in [5, 5.41) is 0. The van der Waals surface area contributed by atoms with Crippen LogP contribution < -0.4 is 9.47 Å². The molecular weight excluding hydrogens is 300 g/mol. The number of fused-ring (bicyclic) bond motifs is 1. The van der Waals surface area contributed by atoms with Crippen molar-refractivity contribution >= 4 is 5.78 Å². The highest BCUT2D eigenvalue weighted by Crippen LogP contribution is 2.33. The molecular formula is C21H28O3. The predicted molar refractivity (Wildman–Crippen MR) is 95.5 cm³/mol. The predicted octanol–water partition coefficient (Wildman–Crippen LogP) is 5.22. The van der Waals surface area contributed by atoms with E-state index in [4.69, 9.17) is 9.47 Å². The van der Waals surface area contributed by atoms with E-state index in [1.807, 2.05) is 6.07 Å². The fraction of sp³-hybridized carbons (Fsp3) is 0.571. The lowest BCUT2D eigenvalue weighted by atomic mass is 9.83. The molecule has 0 spiro atoms. The van der Waals surface area contributed by atoms with Crippen molar-refractivity contribution in [3.05, 3.63) is 35.4 Å². The average Bonchev–Trinajstić information content (AvgIpc) is 3.07. The third kappa shape index (κ3) is 4.40. The third-order valence-corrected chi connectivity index (χ3v) is 5.25. The van der Waals surface area contributed by atoms with Crippen molar-refractivity contribution in [2.45, 2.75) is 64.7 Å². The molecule has 2 aliphatic rings. The van der Waals surface area contributed by atoms with E-state index < -0.39 is 0 Å². The molecule has 1 aliphatic heterocycles. The summed E-state index contributed by atoms with van der Waals surface area (Å²) in [5.41, 5.74) is 2.78. The molecule has 0 aromatic heterocycles. The van der Waals surface area contributed by atoms with E-state index in [-0.39, 0.29) is 0 Å². The molecule has 1 saturated carbocycles. The van der Waals surface area contributed by atoms with E-state index in [1.54, 1.807) is 0 Å². The molecule has 1 fully saturated rings. The molecule has 0 radical (unpaired) electrons. The van der Waals surface area contributed by atoms with Gasteiger partial charge in [0.25, 0.3) is 0 Å². The monoisotopic (exact) mass is 328 g/mol. The topological polar surface area (TPSA) is 35.5 Å². The van der Waals surface area contributed by atoms with Gasteiger partial charge < -0.3 is 9.47 Å². The average molecular weight is 328 g/mol. The Morgan fingerprint density at radius 1 is 1.25 bits per heavy atom. The summed E-state index contributed by atoms with van der Waals surface area (Å²) in [6, 6.07) is 6.20. The summed E-state index contributed by atoms with van der Waals surface area (Å²) in [6.45, 7) is 2.55. The molecule has 130 valence electrons. The van der Waals surface area contributed by atoms with Crippen molar-refractivity contribution in [2.24, 2.45) is 5.92 Å². The van der Waals surface area contributed by atoms with E-state index in [0.717, 1.165) is 62.9 Å². The zero-order valence-corrected chi connectivity index (χ0v) is 14.7. The SMILES string of the molecule is CC/C(=C\CCc1ccc2c(c1)OCO2)CCC1CCCCC1=O. The molecule has 3 nitrogen and oxygen atoms in total. The van der Waals surface area contributed by atoms with Crippen molar-refractivity contribution < 1.29 is 14.3 Å². The van der Waals surface area contributed by atoms with Gasteiger partial charge in [0.15, 0.2) is 11.5 Å². The van der Waals surface area contributed by atoms with Gasteiger partial charge in [-0.2, -0.15) is 0 Å². The Morgan fingerprint density at radius 2 is 2.12 bits per heavy atom. The molecule has 1 heterocycles. The fourth-order valence-electron chi connectivity index (χ4n) is 3.68. The van der Waals surface area contributed by atoms with Gasteiger partial charge in [0, 0.05) is 12.3 Å². The van der Waals surface area contributed by atoms with Crippen LogP contribution in [0.15, 0.2) is 29.8 Å². The second-order valence-electron chi connectivity index (χ2n) is 6.89. The van der Waals surface area contributed by atoms with E-state index in [1.165, 1.54) is 17.6 Å². The fourth-order valence-corrected chi connectivity index (χ4v) is 3.68. The highest BCUT2D eigenvalue weighted by molar-refractivity contribution is 5.81. The van der Waals surface area contributed by atoms with E-state index in [9.17, 15) is 4.79 Å². The largest absolute Gasteiger partial charge is 0.454 e. The lowest BCUT2D eigenvalue weighted by Gasteiger charge is -2.20. The molecule has 1 aromatic carbocycles. The van der Waals surface area contributed by atoms with Crippen LogP contribution in [-0.4, -0.2) is 12.6 Å². The number of hydrogen-bond donors (Lipinski definition) is 0. The summed E-state index contributed by atoms with van der Waals surface area (Å²) >= 11 is 0. The molecule has 1 atom stereocenters. The van der Waals surface area contributed by atoms with Crippen LogP contribution in [0.25, 0.3) is 0 Å². The molecule has 0 bridgehead atoms. The zero-order chi connectivity index (χ0) is 16.8. The zero-order valence-electron chi connectivity index (χ0n) is 14.7. The molecule has 24 heavy (non-hydrogen) atoms. The lowest BCUT2D eigenvalue weighted by molar-refractivity contribution is -0.124. The van der Waals surface area contributed by atoms with Crippen LogP contribution in [0.4, 0.5) is 0 Å². The van der Waals surface area contributed by atoms with E-state index in [2.05, 4.69) is 25.1 Å². The summed E-state index contributed by atoms with van der Waals surface area (Å²) in [5.74, 6) is 2.53. The van der Waals surface area contributed by atoms with Gasteiger partial charge in [-0.15, -0.1) is 0 Å². The molecule has 3 heteroatoms. The Hall–Kier alpha value is -1.77. The number of hydrogen-bond acceptors (Lipinski definition) is 3. The van der Waals surface area contributed by atoms with Gasteiger partial charge in [-0.3, -0.25) is 4.79 Å². The van der Waals surface area contributed by atoms with E-state index in [0.29, 0.717) is 18.5 Å². The minimum Gasteiger partial charge on any atom is -0.454 e. The molecule has 0 saturated heterocycles. The maximum Gasteiger partial charge on any atom is 0.231 e. The highest BCUT2D eigenvalue weighted by Gasteiger charge is 2.21. The minimum absolute atomic E-state index is 0.322. The summed E-state index contributed by atoms with van der Waals surface area (Å²) in [4.78, 5) is 11.9. The summed E-state index contributed by atoms with van der Waals surface area (Å²) in [6.07, 6.45) is 11.9. The number of ketones is 1. The number of aryl methyl sites for hydroxylation is 1. The van der Waals surface area contributed by atoms with Gasteiger partial charge in [-0.1, -0.05) is 31.1 Å². The first-order valence-electron chi connectivity index (χ1n) is 9.35. The Morgan fingerprint density at radius 3 is 2.96 bits per heavy atom. The number of carbonyl (C=O) groups is 1. The Bertz CT molecular complexity index is 603. The van der Waals surface area contributed by atoms with Gasteiger partial charge in [-0.05, 0) is 62.6 Å². The Labute approximate surface area is 145 Å². The van der Waals surface area contributed by atoms with Crippen molar-refractivity contribution in [1.82, 2.24) is 0 Å². The third-order valence-electron chi connectivity index (χ3n) is 5.25. The first-order chi connectivity index (χ1) is 11.8. The first kappa shape index (κ1) is 17.1. The van der Waals surface area contributed by atoms with Gasteiger partial charge in [-0.25, -0.2) is 0 Å². The number of benzene rings is 1. The number of rotatable bonds is 7. The van der Waals surface area contributed by atoms with Crippen LogP contribution in [0.3, 0.4) is 0 Å². The van der Waals surface area contributed by atoms with Crippen LogP contribution in [0.5, 0.6) is 11.5 Å². The number of Topliss-reactive ketones (excluding diaryl/α,β-unsaturated/α-hetero) is 1. The maximum absolute atomic E-state index is 11.9. The number of allylic oxidation sites excluding steroid dienone is 2. The van der Waals surface area contributed by atoms with Gasteiger partial charge in [0.1, 0.15) is 5.78 Å². The second-order valence-corrected chi connectivity index (χ2v) is 6.89. The van der Waals surface area contributed by atoms with Gasteiger partial charge >= 0.3 is 0 Å². The van der Waals surface area contributed by atoms with Crippen molar-refractivity contribution in [2.75, 3.05) is 6.79 Å². The van der Waals surface area contributed by atoms with E-state index >= 15 is 0 Å². The van der Waals surface area contributed by atoms with Crippen LogP contribution in [0.1, 0.15) is 63.9 Å². The van der Waals surface area contributed by atoms with Crippen LogP contribution >= 0.6 is 0 Å². The first-order valence-corrected chi connectivity index (χ1v) is 9.35. The molecule has 0 N–H and O–H groups in total. The molecule has 1 aromatic rings. The standard InChI is InChI=1S/C21H28O3/c1-2-16(10-12-18-8-3-4-9-19(18)22)6-5-7-17-11-13-20-21(14-17)24-15-23-20/h6,11,13-14,18H,2-5,7-10,12,15H2,1H3/b16-6+.